The lowest BCUT2D eigenvalue weighted by molar-refractivity contribution is 0.415. The minimum absolute atomic E-state index is 0.847. The number of ether oxygens (including phenoxy) is 1. The molecule has 0 aliphatic rings. The molecular weight excluding hydrogens is 198 g/mol. The molecule has 2 rings (SSSR count). The number of benzene rings is 1. The van der Waals surface area contributed by atoms with E-state index in [2.05, 4.69) is 11.6 Å². The summed E-state index contributed by atoms with van der Waals surface area (Å²) in [4.78, 5) is 4.36. The Labute approximate surface area is 95.2 Å². The molecular formula is C14H13NO. The summed E-state index contributed by atoms with van der Waals surface area (Å²) < 4.78 is 5.12. The molecule has 0 fully saturated rings. The van der Waals surface area contributed by atoms with Gasteiger partial charge in [0.15, 0.2) is 0 Å². The minimum Gasteiger partial charge on any atom is -0.497 e. The van der Waals surface area contributed by atoms with E-state index in [0.29, 0.717) is 0 Å². The summed E-state index contributed by atoms with van der Waals surface area (Å²) in [5, 5.41) is 0. The van der Waals surface area contributed by atoms with E-state index in [4.69, 9.17) is 4.74 Å². The average Bonchev–Trinajstić information content (AvgIpc) is 2.39. The molecule has 0 aliphatic heterocycles. The highest BCUT2D eigenvalue weighted by Crippen LogP contribution is 2.24. The summed E-state index contributed by atoms with van der Waals surface area (Å²) in [6.45, 7) is 3.79. The van der Waals surface area contributed by atoms with Gasteiger partial charge >= 0.3 is 0 Å². The Morgan fingerprint density at radius 3 is 2.56 bits per heavy atom. The molecule has 0 atom stereocenters. The van der Waals surface area contributed by atoms with Crippen LogP contribution in [0.25, 0.3) is 17.3 Å². The van der Waals surface area contributed by atoms with Crippen LogP contribution < -0.4 is 4.74 Å². The second-order valence-electron chi connectivity index (χ2n) is 3.37. The lowest BCUT2D eigenvalue weighted by Crippen LogP contribution is -1.88. The fourth-order valence-corrected chi connectivity index (χ4v) is 1.57. The average molecular weight is 211 g/mol. The molecule has 1 aromatic heterocycles. The van der Waals surface area contributed by atoms with Crippen LogP contribution in [0.5, 0.6) is 5.75 Å². The molecule has 16 heavy (non-hydrogen) atoms. The van der Waals surface area contributed by atoms with Gasteiger partial charge in [0.1, 0.15) is 5.75 Å². The van der Waals surface area contributed by atoms with Crippen molar-refractivity contribution >= 4 is 6.08 Å². The van der Waals surface area contributed by atoms with E-state index in [-0.39, 0.29) is 0 Å². The van der Waals surface area contributed by atoms with Crippen molar-refractivity contribution < 1.29 is 4.74 Å². The first-order valence-electron chi connectivity index (χ1n) is 5.07. The summed E-state index contributed by atoms with van der Waals surface area (Å²) >= 11 is 0. The van der Waals surface area contributed by atoms with Crippen LogP contribution in [0.3, 0.4) is 0 Å². The summed E-state index contributed by atoms with van der Waals surface area (Å²) in [5.74, 6) is 0.847. The molecule has 0 unspecified atom stereocenters. The number of hydrogen-bond donors (Lipinski definition) is 0. The topological polar surface area (TPSA) is 22.1 Å². The monoisotopic (exact) mass is 211 g/mol. The van der Waals surface area contributed by atoms with Crippen molar-refractivity contribution in [3.63, 3.8) is 0 Å². The van der Waals surface area contributed by atoms with Crippen LogP contribution in [0.2, 0.25) is 0 Å². The fourth-order valence-electron chi connectivity index (χ4n) is 1.57. The smallest absolute Gasteiger partial charge is 0.118 e. The highest BCUT2D eigenvalue weighted by atomic mass is 16.5. The van der Waals surface area contributed by atoms with Gasteiger partial charge in [-0.15, -0.1) is 0 Å². The Morgan fingerprint density at radius 1 is 1.19 bits per heavy atom. The van der Waals surface area contributed by atoms with Crippen LogP contribution in [0.15, 0.2) is 49.2 Å². The van der Waals surface area contributed by atoms with Gasteiger partial charge in [0.05, 0.1) is 12.8 Å². The van der Waals surface area contributed by atoms with Gasteiger partial charge in [0.25, 0.3) is 0 Å². The largest absolute Gasteiger partial charge is 0.497 e. The Morgan fingerprint density at radius 2 is 1.94 bits per heavy atom. The van der Waals surface area contributed by atoms with Crippen LogP contribution in [-0.2, 0) is 0 Å². The lowest BCUT2D eigenvalue weighted by atomic mass is 10.1. The Balaban J connectivity index is 2.46. The summed E-state index contributed by atoms with van der Waals surface area (Å²) in [6.07, 6.45) is 3.60. The van der Waals surface area contributed by atoms with Gasteiger partial charge in [0, 0.05) is 17.3 Å². The molecule has 2 aromatic rings. The maximum absolute atomic E-state index is 5.12. The van der Waals surface area contributed by atoms with Crippen molar-refractivity contribution in [2.45, 2.75) is 0 Å². The highest BCUT2D eigenvalue weighted by molar-refractivity contribution is 5.71. The van der Waals surface area contributed by atoms with Crippen molar-refractivity contribution in [1.82, 2.24) is 4.98 Å². The lowest BCUT2D eigenvalue weighted by Gasteiger charge is -2.05. The van der Waals surface area contributed by atoms with Crippen LogP contribution in [-0.4, -0.2) is 12.1 Å². The van der Waals surface area contributed by atoms with E-state index >= 15 is 0 Å². The predicted octanol–water partition coefficient (Wildman–Crippen LogP) is 3.40. The molecule has 1 heterocycles. The van der Waals surface area contributed by atoms with Crippen LogP contribution in [0.1, 0.15) is 5.56 Å². The first kappa shape index (κ1) is 10.4. The summed E-state index contributed by atoms with van der Waals surface area (Å²) in [7, 11) is 1.66. The third-order valence-electron chi connectivity index (χ3n) is 2.42. The van der Waals surface area contributed by atoms with Crippen molar-refractivity contribution in [2.24, 2.45) is 0 Å². The molecule has 80 valence electrons. The summed E-state index contributed by atoms with van der Waals surface area (Å²) in [5.41, 5.74) is 3.05. The molecule has 0 N–H and O–H groups in total. The second kappa shape index (κ2) is 4.62. The number of methoxy groups -OCH3 is 1. The van der Waals surface area contributed by atoms with Crippen molar-refractivity contribution in [1.29, 1.82) is 0 Å². The van der Waals surface area contributed by atoms with Gasteiger partial charge in [-0.05, 0) is 30.3 Å². The van der Waals surface area contributed by atoms with E-state index in [1.165, 1.54) is 0 Å². The minimum atomic E-state index is 0.847. The SMILES string of the molecule is C=Cc1cccnc1-c1ccc(OC)cc1. The van der Waals surface area contributed by atoms with E-state index < -0.39 is 0 Å². The van der Waals surface area contributed by atoms with Crippen molar-refractivity contribution in [3.05, 3.63) is 54.7 Å². The molecule has 2 nitrogen and oxygen atoms in total. The number of pyridine rings is 1. The van der Waals surface area contributed by atoms with Gasteiger partial charge in [-0.1, -0.05) is 18.7 Å². The van der Waals surface area contributed by atoms with E-state index in [1.54, 1.807) is 13.3 Å². The van der Waals surface area contributed by atoms with E-state index in [1.807, 2.05) is 42.5 Å². The molecule has 0 aliphatic carbocycles. The van der Waals surface area contributed by atoms with Gasteiger partial charge in [-0.2, -0.15) is 0 Å². The quantitative estimate of drug-likeness (QED) is 0.776. The standard InChI is InChI=1S/C14H13NO/c1-3-11-5-4-10-15-14(11)12-6-8-13(16-2)9-7-12/h3-10H,1H2,2H3. The zero-order valence-electron chi connectivity index (χ0n) is 9.18. The number of aromatic nitrogens is 1. The van der Waals surface area contributed by atoms with Crippen molar-refractivity contribution in [2.75, 3.05) is 7.11 Å². The fraction of sp³-hybridized carbons (Fsp3) is 0.0714. The van der Waals surface area contributed by atoms with Crippen LogP contribution in [0, 0.1) is 0 Å². The normalized spacial score (nSPS) is 9.81. The van der Waals surface area contributed by atoms with Gasteiger partial charge in [-0.25, -0.2) is 0 Å². The zero-order chi connectivity index (χ0) is 11.4. The first-order chi connectivity index (χ1) is 7.85. The highest BCUT2D eigenvalue weighted by Gasteiger charge is 2.03. The van der Waals surface area contributed by atoms with E-state index in [0.717, 1.165) is 22.6 Å². The van der Waals surface area contributed by atoms with Gasteiger partial charge < -0.3 is 4.74 Å². The Hall–Kier alpha value is -2.09. The van der Waals surface area contributed by atoms with Crippen LogP contribution in [0.4, 0.5) is 0 Å². The summed E-state index contributed by atoms with van der Waals surface area (Å²) in [6, 6.07) is 11.7. The molecule has 2 heteroatoms. The van der Waals surface area contributed by atoms with Gasteiger partial charge in [0.2, 0.25) is 0 Å². The second-order valence-corrected chi connectivity index (χ2v) is 3.37. The number of nitrogens with zero attached hydrogens (tertiary/aromatic N) is 1. The van der Waals surface area contributed by atoms with Crippen molar-refractivity contribution in [3.8, 4) is 17.0 Å². The number of rotatable bonds is 3. The molecule has 0 bridgehead atoms. The first-order valence-corrected chi connectivity index (χ1v) is 5.07. The molecule has 0 radical (unpaired) electrons. The third-order valence-corrected chi connectivity index (χ3v) is 2.42. The molecule has 0 amide bonds. The third kappa shape index (κ3) is 1.96. The zero-order valence-corrected chi connectivity index (χ0v) is 9.18. The Kier molecular flexibility index (Phi) is 3.01. The van der Waals surface area contributed by atoms with Gasteiger partial charge in [-0.3, -0.25) is 4.98 Å². The maximum Gasteiger partial charge on any atom is 0.118 e. The number of hydrogen-bond acceptors (Lipinski definition) is 2. The Bertz CT molecular complexity index is 488. The van der Waals surface area contributed by atoms with Crippen LogP contribution >= 0.6 is 0 Å². The molecule has 0 saturated heterocycles. The molecule has 1 aromatic carbocycles. The van der Waals surface area contributed by atoms with E-state index in [9.17, 15) is 0 Å². The molecule has 0 spiro atoms. The predicted molar refractivity (Wildman–Crippen MR) is 66.3 cm³/mol. The maximum atomic E-state index is 5.12. The molecule has 0 saturated carbocycles.